The van der Waals surface area contributed by atoms with E-state index in [0.717, 1.165) is 44.8 Å². The number of nitrogens with one attached hydrogen (secondary N) is 2. The Bertz CT molecular complexity index is 652. The minimum Gasteiger partial charge on any atom is -0.469 e. The van der Waals surface area contributed by atoms with Crippen LogP contribution in [0.3, 0.4) is 0 Å². The molecule has 2 fully saturated rings. The molecule has 7 nitrogen and oxygen atoms in total. The van der Waals surface area contributed by atoms with E-state index in [1.165, 1.54) is 20.0 Å². The van der Waals surface area contributed by atoms with Crippen LogP contribution in [0.4, 0.5) is 10.5 Å². The number of piperidine rings is 1. The number of esters is 1. The molecule has 2 heterocycles. The maximum atomic E-state index is 12.6. The second-order valence-electron chi connectivity index (χ2n) is 7.30. The van der Waals surface area contributed by atoms with Crippen LogP contribution in [-0.2, 0) is 9.53 Å². The van der Waals surface area contributed by atoms with E-state index in [-0.39, 0.29) is 17.9 Å². The summed E-state index contributed by atoms with van der Waals surface area (Å²) in [4.78, 5) is 28.7. The number of anilines is 1. The van der Waals surface area contributed by atoms with Crippen molar-refractivity contribution >= 4 is 17.7 Å². The highest BCUT2D eigenvalue weighted by atomic mass is 16.5. The van der Waals surface area contributed by atoms with Crippen molar-refractivity contribution in [1.82, 2.24) is 15.1 Å². The first-order chi connectivity index (χ1) is 13.1. The highest BCUT2D eigenvalue weighted by molar-refractivity contribution is 5.89. The summed E-state index contributed by atoms with van der Waals surface area (Å²) in [6.45, 7) is 7.32. The second kappa shape index (κ2) is 9.19. The summed E-state index contributed by atoms with van der Waals surface area (Å²) >= 11 is 0. The van der Waals surface area contributed by atoms with Crippen molar-refractivity contribution in [2.75, 3.05) is 51.7 Å². The van der Waals surface area contributed by atoms with Gasteiger partial charge in [-0.15, -0.1) is 0 Å². The highest BCUT2D eigenvalue weighted by Gasteiger charge is 2.27. The van der Waals surface area contributed by atoms with Crippen molar-refractivity contribution in [1.29, 1.82) is 0 Å². The molecule has 1 atom stereocenters. The number of amides is 2. The Morgan fingerprint density at radius 1 is 1.19 bits per heavy atom. The smallest absolute Gasteiger partial charge is 0.321 e. The minimum atomic E-state index is -0.361. The first-order valence-corrected chi connectivity index (χ1v) is 9.77. The average molecular weight is 374 g/mol. The lowest BCUT2D eigenvalue weighted by Gasteiger charge is -2.40. The predicted molar refractivity (Wildman–Crippen MR) is 105 cm³/mol. The van der Waals surface area contributed by atoms with Gasteiger partial charge in [0.2, 0.25) is 0 Å². The summed E-state index contributed by atoms with van der Waals surface area (Å²) in [6.07, 6.45) is 2.38. The lowest BCUT2D eigenvalue weighted by atomic mass is 10.0. The third-order valence-electron chi connectivity index (χ3n) is 5.62. The molecule has 1 aromatic carbocycles. The molecule has 2 saturated heterocycles. The van der Waals surface area contributed by atoms with Crippen molar-refractivity contribution in [2.45, 2.75) is 31.7 Å². The van der Waals surface area contributed by atoms with Crippen molar-refractivity contribution in [3.05, 3.63) is 29.8 Å². The number of urea groups is 1. The molecular weight excluding hydrogens is 344 g/mol. The molecular formula is C20H30N4O3. The monoisotopic (exact) mass is 374 g/mol. The number of benzene rings is 1. The van der Waals surface area contributed by atoms with E-state index in [1.54, 1.807) is 6.92 Å². The van der Waals surface area contributed by atoms with Gasteiger partial charge in [0.1, 0.15) is 0 Å². The summed E-state index contributed by atoms with van der Waals surface area (Å²) in [5, 5.41) is 6.37. The fourth-order valence-corrected chi connectivity index (χ4v) is 3.86. The molecule has 1 unspecified atom stereocenters. The van der Waals surface area contributed by atoms with Gasteiger partial charge in [-0.05, 0) is 50.6 Å². The maximum absolute atomic E-state index is 12.6. The Hall–Kier alpha value is -2.12. The van der Waals surface area contributed by atoms with Crippen molar-refractivity contribution in [3.63, 3.8) is 0 Å². The number of carbonyl (C=O) groups is 2. The number of piperazine rings is 1. The van der Waals surface area contributed by atoms with Gasteiger partial charge >= 0.3 is 12.0 Å². The van der Waals surface area contributed by atoms with E-state index < -0.39 is 0 Å². The summed E-state index contributed by atoms with van der Waals surface area (Å²) in [7, 11) is 1.38. The van der Waals surface area contributed by atoms with Crippen molar-refractivity contribution in [2.24, 2.45) is 0 Å². The Balaban J connectivity index is 1.53. The second-order valence-corrected chi connectivity index (χ2v) is 7.30. The van der Waals surface area contributed by atoms with Gasteiger partial charge in [0, 0.05) is 37.9 Å². The highest BCUT2D eigenvalue weighted by Crippen LogP contribution is 2.21. The minimum absolute atomic E-state index is 0.0807. The largest absolute Gasteiger partial charge is 0.469 e. The van der Waals surface area contributed by atoms with Gasteiger partial charge in [-0.25, -0.2) is 4.79 Å². The van der Waals surface area contributed by atoms with Crippen LogP contribution in [0.1, 0.15) is 31.2 Å². The summed E-state index contributed by atoms with van der Waals surface area (Å²) < 4.78 is 4.80. The number of hydrogen-bond acceptors (Lipinski definition) is 5. The zero-order valence-electron chi connectivity index (χ0n) is 16.2. The molecule has 7 heteroatoms. The van der Waals surface area contributed by atoms with Gasteiger partial charge in [0.15, 0.2) is 0 Å². The van der Waals surface area contributed by atoms with E-state index in [1.807, 2.05) is 29.2 Å². The summed E-state index contributed by atoms with van der Waals surface area (Å²) in [5.41, 5.74) is 1.53. The fraction of sp³-hybridized carbons (Fsp3) is 0.600. The van der Waals surface area contributed by atoms with Crippen LogP contribution in [0.5, 0.6) is 0 Å². The fourth-order valence-electron chi connectivity index (χ4n) is 3.86. The van der Waals surface area contributed by atoms with Crippen LogP contribution in [-0.4, -0.2) is 74.2 Å². The number of ether oxygens (including phenoxy) is 1. The van der Waals surface area contributed by atoms with Crippen LogP contribution >= 0.6 is 0 Å². The molecule has 2 aliphatic heterocycles. The van der Waals surface area contributed by atoms with Gasteiger partial charge in [-0.3, -0.25) is 9.69 Å². The Morgan fingerprint density at radius 3 is 2.56 bits per heavy atom. The average Bonchev–Trinajstić information content (AvgIpc) is 2.73. The molecule has 2 N–H and O–H groups in total. The molecule has 0 spiro atoms. The molecule has 0 aliphatic carbocycles. The lowest BCUT2D eigenvalue weighted by molar-refractivity contribution is -0.141. The maximum Gasteiger partial charge on any atom is 0.321 e. The first kappa shape index (κ1) is 19.6. The number of methoxy groups -OCH3 is 1. The summed E-state index contributed by atoms with van der Waals surface area (Å²) in [6, 6.07) is 7.96. The first-order valence-electron chi connectivity index (χ1n) is 9.77. The molecule has 0 aromatic heterocycles. The lowest BCUT2D eigenvalue weighted by Crippen LogP contribution is -2.54. The molecule has 3 rings (SSSR count). The standard InChI is InChI=1S/C20H30N4O3/c1-15(19(25)27-2)16-4-3-5-17(14-16)22-20(26)24-12-10-23(11-13-24)18-6-8-21-9-7-18/h3-5,14-15,18,21H,6-13H2,1-2H3,(H,22,26). The van der Waals surface area contributed by atoms with Crippen molar-refractivity contribution < 1.29 is 14.3 Å². The zero-order chi connectivity index (χ0) is 19.2. The van der Waals surface area contributed by atoms with Crippen molar-refractivity contribution in [3.8, 4) is 0 Å². The van der Waals surface area contributed by atoms with Crippen LogP contribution in [0.2, 0.25) is 0 Å². The van der Waals surface area contributed by atoms with Gasteiger partial charge < -0.3 is 20.3 Å². The van der Waals surface area contributed by atoms with Crippen LogP contribution in [0, 0.1) is 0 Å². The third-order valence-corrected chi connectivity index (χ3v) is 5.62. The van der Waals surface area contributed by atoms with Gasteiger partial charge in [0.25, 0.3) is 0 Å². The van der Waals surface area contributed by atoms with E-state index >= 15 is 0 Å². The zero-order valence-corrected chi connectivity index (χ0v) is 16.2. The predicted octanol–water partition coefficient (Wildman–Crippen LogP) is 1.86. The quantitative estimate of drug-likeness (QED) is 0.787. The molecule has 2 aliphatic rings. The number of rotatable bonds is 4. The van der Waals surface area contributed by atoms with Crippen LogP contribution < -0.4 is 10.6 Å². The number of carbonyl (C=O) groups excluding carboxylic acids is 2. The molecule has 1 aromatic rings. The number of hydrogen-bond donors (Lipinski definition) is 2. The van der Waals surface area contributed by atoms with E-state index in [4.69, 9.17) is 4.74 Å². The topological polar surface area (TPSA) is 73.9 Å². The molecule has 2 amide bonds. The van der Waals surface area contributed by atoms with Crippen LogP contribution in [0.15, 0.2) is 24.3 Å². The summed E-state index contributed by atoms with van der Waals surface area (Å²) in [5.74, 6) is -0.645. The Labute approximate surface area is 161 Å². The third kappa shape index (κ3) is 4.99. The molecule has 27 heavy (non-hydrogen) atoms. The van der Waals surface area contributed by atoms with E-state index in [9.17, 15) is 9.59 Å². The van der Waals surface area contributed by atoms with E-state index in [2.05, 4.69) is 15.5 Å². The normalized spacial score (nSPS) is 20.1. The Morgan fingerprint density at radius 2 is 1.89 bits per heavy atom. The van der Waals surface area contributed by atoms with Crippen LogP contribution in [0.25, 0.3) is 0 Å². The molecule has 0 radical (unpaired) electrons. The van der Waals surface area contributed by atoms with Gasteiger partial charge in [-0.2, -0.15) is 0 Å². The van der Waals surface area contributed by atoms with E-state index in [0.29, 0.717) is 11.7 Å². The van der Waals surface area contributed by atoms with Gasteiger partial charge in [0.05, 0.1) is 13.0 Å². The molecule has 0 bridgehead atoms. The Kier molecular flexibility index (Phi) is 6.68. The number of nitrogens with zero attached hydrogens (tertiary/aromatic N) is 2. The SMILES string of the molecule is COC(=O)C(C)c1cccc(NC(=O)N2CCN(C3CCNCC3)CC2)c1. The van der Waals surface area contributed by atoms with Gasteiger partial charge in [-0.1, -0.05) is 12.1 Å². The molecule has 148 valence electrons. The molecule has 0 saturated carbocycles.